The van der Waals surface area contributed by atoms with Crippen LogP contribution in [0.3, 0.4) is 0 Å². The minimum atomic E-state index is 0.145. The first kappa shape index (κ1) is 15.3. The van der Waals surface area contributed by atoms with Gasteiger partial charge in [0, 0.05) is 13.2 Å². The summed E-state index contributed by atoms with van der Waals surface area (Å²) < 4.78 is 11.3. The summed E-state index contributed by atoms with van der Waals surface area (Å²) in [7, 11) is 1.70. The van der Waals surface area contributed by atoms with Crippen LogP contribution in [0.2, 0.25) is 0 Å². The zero-order valence-electron chi connectivity index (χ0n) is 12.7. The van der Waals surface area contributed by atoms with Crippen LogP contribution in [0.15, 0.2) is 24.3 Å². The van der Waals surface area contributed by atoms with Gasteiger partial charge >= 0.3 is 0 Å². The Hall–Kier alpha value is -1.06. The molecule has 1 N–H and O–H groups in total. The van der Waals surface area contributed by atoms with Crippen molar-refractivity contribution in [3.8, 4) is 5.75 Å². The molecule has 1 aliphatic rings. The van der Waals surface area contributed by atoms with E-state index in [0.29, 0.717) is 0 Å². The van der Waals surface area contributed by atoms with Gasteiger partial charge in [-0.1, -0.05) is 31.9 Å². The van der Waals surface area contributed by atoms with Gasteiger partial charge in [-0.15, -0.1) is 0 Å². The molecule has 20 heavy (non-hydrogen) atoms. The Morgan fingerprint density at radius 2 is 2.00 bits per heavy atom. The van der Waals surface area contributed by atoms with Crippen molar-refractivity contribution in [2.45, 2.75) is 38.7 Å². The predicted molar refractivity (Wildman–Crippen MR) is 82.2 cm³/mol. The van der Waals surface area contributed by atoms with Crippen molar-refractivity contribution in [2.24, 2.45) is 5.92 Å². The van der Waals surface area contributed by atoms with Crippen molar-refractivity contribution in [2.75, 3.05) is 26.8 Å². The highest BCUT2D eigenvalue weighted by molar-refractivity contribution is 5.28. The first-order valence-electron chi connectivity index (χ1n) is 7.79. The molecular weight excluding hydrogens is 250 g/mol. The smallest absolute Gasteiger partial charge is 0.118 e. The normalized spacial score (nSPS) is 16.1. The number of hydrogen-bond donors (Lipinski definition) is 1. The molecule has 0 aromatic heterocycles. The number of hydrogen-bond acceptors (Lipinski definition) is 3. The lowest BCUT2D eigenvalue weighted by atomic mass is 10.1. The molecule has 112 valence electrons. The maximum absolute atomic E-state index is 6.10. The average Bonchev–Trinajstić information content (AvgIpc) is 3.30. The molecule has 0 radical (unpaired) electrons. The quantitative estimate of drug-likeness (QED) is 0.663. The molecule has 3 nitrogen and oxygen atoms in total. The maximum atomic E-state index is 6.10. The molecule has 0 heterocycles. The Morgan fingerprint density at radius 1 is 1.25 bits per heavy atom. The maximum Gasteiger partial charge on any atom is 0.118 e. The Kier molecular flexibility index (Phi) is 6.34. The van der Waals surface area contributed by atoms with Crippen molar-refractivity contribution < 1.29 is 9.47 Å². The number of methoxy groups -OCH3 is 1. The molecule has 1 fully saturated rings. The molecule has 0 spiro atoms. The topological polar surface area (TPSA) is 30.5 Å². The predicted octanol–water partition coefficient (Wildman–Crippen LogP) is 3.55. The van der Waals surface area contributed by atoms with Crippen LogP contribution in [-0.4, -0.2) is 26.8 Å². The highest BCUT2D eigenvalue weighted by Crippen LogP contribution is 2.32. The van der Waals surface area contributed by atoms with E-state index in [9.17, 15) is 0 Å². The van der Waals surface area contributed by atoms with E-state index < -0.39 is 0 Å². The van der Waals surface area contributed by atoms with Gasteiger partial charge in [0.15, 0.2) is 0 Å². The molecule has 0 bridgehead atoms. The van der Waals surface area contributed by atoms with E-state index in [0.717, 1.165) is 37.8 Å². The Morgan fingerprint density at radius 3 is 2.60 bits per heavy atom. The van der Waals surface area contributed by atoms with E-state index in [-0.39, 0.29) is 6.10 Å². The number of nitrogens with one attached hydrogen (secondary N) is 1. The fourth-order valence-electron chi connectivity index (χ4n) is 2.28. The number of ether oxygens (including phenoxy) is 2. The van der Waals surface area contributed by atoms with Gasteiger partial charge in [-0.2, -0.15) is 0 Å². The second-order valence-electron chi connectivity index (χ2n) is 5.57. The molecule has 0 amide bonds. The van der Waals surface area contributed by atoms with E-state index in [4.69, 9.17) is 9.47 Å². The van der Waals surface area contributed by atoms with Gasteiger partial charge in [-0.05, 0) is 43.0 Å². The lowest BCUT2D eigenvalue weighted by Gasteiger charge is -2.19. The SMILES string of the molecule is CCCNCC(OCCC1CC1)c1ccc(OC)cc1. The van der Waals surface area contributed by atoms with Crippen LogP contribution >= 0.6 is 0 Å². The van der Waals surface area contributed by atoms with Crippen molar-refractivity contribution >= 4 is 0 Å². The second-order valence-corrected chi connectivity index (χ2v) is 5.57. The summed E-state index contributed by atoms with van der Waals surface area (Å²) in [4.78, 5) is 0. The summed E-state index contributed by atoms with van der Waals surface area (Å²) in [6.07, 6.45) is 5.29. The monoisotopic (exact) mass is 277 g/mol. The molecule has 2 rings (SSSR count). The number of rotatable bonds is 10. The summed E-state index contributed by atoms with van der Waals surface area (Å²) in [5.74, 6) is 1.82. The summed E-state index contributed by atoms with van der Waals surface area (Å²) in [6, 6.07) is 8.22. The van der Waals surface area contributed by atoms with Crippen LogP contribution in [0, 0.1) is 5.92 Å². The van der Waals surface area contributed by atoms with Crippen LogP contribution < -0.4 is 10.1 Å². The first-order chi connectivity index (χ1) is 9.83. The van der Waals surface area contributed by atoms with E-state index in [2.05, 4.69) is 24.4 Å². The van der Waals surface area contributed by atoms with Gasteiger partial charge in [0.2, 0.25) is 0 Å². The molecule has 0 aliphatic heterocycles. The van der Waals surface area contributed by atoms with Crippen molar-refractivity contribution in [3.63, 3.8) is 0 Å². The van der Waals surface area contributed by atoms with E-state index in [1.54, 1.807) is 7.11 Å². The summed E-state index contributed by atoms with van der Waals surface area (Å²) in [5.41, 5.74) is 1.23. The van der Waals surface area contributed by atoms with Gasteiger partial charge in [0.1, 0.15) is 5.75 Å². The minimum Gasteiger partial charge on any atom is -0.497 e. The minimum absolute atomic E-state index is 0.145. The Balaban J connectivity index is 1.87. The molecule has 3 heteroatoms. The highest BCUT2D eigenvalue weighted by Gasteiger charge is 2.21. The molecule has 1 atom stereocenters. The summed E-state index contributed by atoms with van der Waals surface area (Å²) in [5, 5.41) is 3.46. The Labute approximate surface area is 122 Å². The van der Waals surface area contributed by atoms with Crippen LogP contribution in [-0.2, 0) is 4.74 Å². The molecule has 1 unspecified atom stereocenters. The van der Waals surface area contributed by atoms with Gasteiger partial charge in [-0.3, -0.25) is 0 Å². The highest BCUT2D eigenvalue weighted by atomic mass is 16.5. The zero-order valence-corrected chi connectivity index (χ0v) is 12.7. The average molecular weight is 277 g/mol. The third-order valence-corrected chi connectivity index (χ3v) is 3.79. The molecule has 1 aliphatic carbocycles. The molecule has 1 aromatic carbocycles. The van der Waals surface area contributed by atoms with E-state index in [1.807, 2.05) is 12.1 Å². The third kappa shape index (κ3) is 5.14. The third-order valence-electron chi connectivity index (χ3n) is 3.79. The van der Waals surface area contributed by atoms with Crippen molar-refractivity contribution in [1.29, 1.82) is 0 Å². The lowest BCUT2D eigenvalue weighted by molar-refractivity contribution is 0.0487. The zero-order chi connectivity index (χ0) is 14.2. The fraction of sp³-hybridized carbons (Fsp3) is 0.647. The second kappa shape index (κ2) is 8.28. The molecule has 1 aromatic rings. The van der Waals surface area contributed by atoms with Gasteiger partial charge in [0.05, 0.1) is 13.2 Å². The van der Waals surface area contributed by atoms with Crippen LogP contribution in [0.4, 0.5) is 0 Å². The van der Waals surface area contributed by atoms with Crippen LogP contribution in [0.25, 0.3) is 0 Å². The molecule has 1 saturated carbocycles. The molecule has 0 saturated heterocycles. The number of benzene rings is 1. The fourth-order valence-corrected chi connectivity index (χ4v) is 2.28. The van der Waals surface area contributed by atoms with Crippen molar-refractivity contribution in [3.05, 3.63) is 29.8 Å². The van der Waals surface area contributed by atoms with E-state index >= 15 is 0 Å². The first-order valence-corrected chi connectivity index (χ1v) is 7.79. The largest absolute Gasteiger partial charge is 0.497 e. The van der Waals surface area contributed by atoms with Crippen molar-refractivity contribution in [1.82, 2.24) is 5.32 Å². The summed E-state index contributed by atoms with van der Waals surface area (Å²) in [6.45, 7) is 4.97. The van der Waals surface area contributed by atoms with Gasteiger partial charge in [0.25, 0.3) is 0 Å². The van der Waals surface area contributed by atoms with Crippen LogP contribution in [0.5, 0.6) is 5.75 Å². The summed E-state index contributed by atoms with van der Waals surface area (Å²) >= 11 is 0. The lowest BCUT2D eigenvalue weighted by Crippen LogP contribution is -2.24. The Bertz CT molecular complexity index is 373. The standard InChI is InChI=1S/C17H27NO2/c1-3-11-18-13-17(20-12-10-14-4-5-14)15-6-8-16(19-2)9-7-15/h6-9,14,17-18H,3-5,10-13H2,1-2H3. The van der Waals surface area contributed by atoms with Gasteiger partial charge in [-0.25, -0.2) is 0 Å². The van der Waals surface area contributed by atoms with Gasteiger partial charge < -0.3 is 14.8 Å². The van der Waals surface area contributed by atoms with E-state index in [1.165, 1.54) is 24.8 Å². The molecular formula is C17H27NO2. The van der Waals surface area contributed by atoms with Crippen LogP contribution in [0.1, 0.15) is 44.3 Å².